The Morgan fingerprint density at radius 1 is 0.325 bits per heavy atom. The molecule has 0 radical (unpaired) electrons. The van der Waals surface area contributed by atoms with E-state index in [0.29, 0.717) is 17.5 Å². The van der Waals surface area contributed by atoms with Gasteiger partial charge in [-0.1, -0.05) is 92.7 Å². The lowest BCUT2D eigenvalue weighted by molar-refractivity contribution is -0.114. The molecule has 4 saturated heterocycles. The van der Waals surface area contributed by atoms with Gasteiger partial charge in [-0.05, 0) is 372 Å². The first-order valence-electron chi connectivity index (χ1n) is 42.9. The van der Waals surface area contributed by atoms with Crippen molar-refractivity contribution >= 4 is 28.9 Å². The molecule has 4 aliphatic rings. The molecule has 0 aliphatic carbocycles. The number of hydrogen-bond acceptors (Lipinski definition) is 15. The van der Waals surface area contributed by atoms with Crippen LogP contribution in [0.15, 0.2) is 212 Å². The van der Waals surface area contributed by atoms with Crippen LogP contribution in [0.5, 0.6) is 40.2 Å². The number of carbonyl (C=O) groups excluding carboxylic acids is 4. The van der Waals surface area contributed by atoms with Gasteiger partial charge in [0.1, 0.15) is 40.2 Å². The van der Waals surface area contributed by atoms with Gasteiger partial charge in [0.2, 0.25) is 5.91 Å². The van der Waals surface area contributed by atoms with E-state index in [1.165, 1.54) is 188 Å². The molecule has 114 heavy (non-hydrogen) atoms. The van der Waals surface area contributed by atoms with Gasteiger partial charge in [0.05, 0.1) is 33.0 Å². The van der Waals surface area contributed by atoms with Gasteiger partial charge >= 0.3 is 0 Å². The highest BCUT2D eigenvalue weighted by Crippen LogP contribution is 2.26. The first-order valence-corrected chi connectivity index (χ1v) is 42.9. The lowest BCUT2D eigenvalue weighted by Crippen LogP contribution is -2.25. The van der Waals surface area contributed by atoms with Crippen molar-refractivity contribution < 1.29 is 47.6 Å². The van der Waals surface area contributed by atoms with Crippen molar-refractivity contribution in [2.24, 2.45) is 0 Å². The van der Waals surface area contributed by atoms with Gasteiger partial charge in [0, 0.05) is 47.8 Å². The van der Waals surface area contributed by atoms with Crippen molar-refractivity contribution in [1.29, 1.82) is 0 Å². The van der Waals surface area contributed by atoms with Crippen LogP contribution >= 0.6 is 0 Å². The number of anilines is 1. The van der Waals surface area contributed by atoms with Gasteiger partial charge in [0.25, 0.3) is 0 Å². The van der Waals surface area contributed by atoms with E-state index in [0.717, 1.165) is 147 Å². The maximum absolute atomic E-state index is 12.4. The second-order valence-corrected chi connectivity index (χ2v) is 30.1. The van der Waals surface area contributed by atoms with Gasteiger partial charge < -0.3 is 58.2 Å². The maximum Gasteiger partial charge on any atom is 0.221 e. The molecule has 0 atom stereocenters. The van der Waals surface area contributed by atoms with Crippen LogP contribution in [0.4, 0.5) is 5.69 Å². The number of nitrogens with zero attached hydrogens (tertiary/aromatic N) is 5. The fourth-order valence-corrected chi connectivity index (χ4v) is 14.2. The number of likely N-dealkylation sites (tertiary alicyclic amines) is 4. The van der Waals surface area contributed by atoms with E-state index in [9.17, 15) is 19.2 Å². The Morgan fingerprint density at radius 2 is 0.632 bits per heavy atom. The molecule has 0 saturated carbocycles. The summed E-state index contributed by atoms with van der Waals surface area (Å²) in [4.78, 5) is 59.3. The molecule has 614 valence electrons. The minimum Gasteiger partial charge on any atom is -0.494 e. The fraction of sp³-hybridized carbons (Fsp3) is 0.469. The predicted molar refractivity (Wildman–Crippen MR) is 465 cm³/mol. The Balaban J connectivity index is 0.000000179. The molecule has 0 unspecified atom stereocenters. The van der Waals surface area contributed by atoms with Crippen molar-refractivity contribution in [2.75, 3.05) is 137 Å². The van der Waals surface area contributed by atoms with Crippen molar-refractivity contribution in [2.45, 2.75) is 169 Å². The Labute approximate surface area is 683 Å². The van der Waals surface area contributed by atoms with E-state index in [4.69, 9.17) is 28.4 Å². The molecule has 12 rings (SSSR count). The summed E-state index contributed by atoms with van der Waals surface area (Å²) in [5.41, 5.74) is 4.74. The number of nitrogens with one attached hydrogen (secondary N) is 1. The summed E-state index contributed by atoms with van der Waals surface area (Å²) in [5, 5.41) is 2.74. The lowest BCUT2D eigenvalue weighted by Gasteiger charge is -2.17. The zero-order chi connectivity index (χ0) is 80.1. The first kappa shape index (κ1) is 90.4. The summed E-state index contributed by atoms with van der Waals surface area (Å²) in [6.45, 7) is 29.7. The number of ketones is 3. The number of carbonyl (C=O) groups is 4. The molecule has 16 heteroatoms. The second-order valence-electron chi connectivity index (χ2n) is 30.1. The monoisotopic (exact) mass is 1550 g/mol. The average Bonchev–Trinajstić information content (AvgIpc) is 1.09. The normalized spacial score (nSPS) is 14.0. The zero-order valence-electron chi connectivity index (χ0n) is 69.2. The van der Waals surface area contributed by atoms with Gasteiger partial charge in [0.15, 0.2) is 17.3 Å². The minimum absolute atomic E-state index is 0.0501. The van der Waals surface area contributed by atoms with Crippen LogP contribution in [0, 0.1) is 0 Å². The lowest BCUT2D eigenvalue weighted by atomic mass is 10.0. The van der Waals surface area contributed by atoms with E-state index in [2.05, 4.69) is 43.7 Å². The summed E-state index contributed by atoms with van der Waals surface area (Å²) in [7, 11) is 0. The smallest absolute Gasteiger partial charge is 0.221 e. The molecular weight excluding hydrogens is 1420 g/mol. The van der Waals surface area contributed by atoms with E-state index < -0.39 is 0 Å². The van der Waals surface area contributed by atoms with E-state index in [-0.39, 0.29) is 23.3 Å². The Morgan fingerprint density at radius 3 is 1.00 bits per heavy atom. The molecule has 4 aliphatic heterocycles. The quantitative estimate of drug-likeness (QED) is 0.0285. The van der Waals surface area contributed by atoms with Gasteiger partial charge in [-0.15, -0.1) is 0 Å². The third-order valence-corrected chi connectivity index (χ3v) is 20.9. The summed E-state index contributed by atoms with van der Waals surface area (Å²) >= 11 is 0. The molecule has 8 aromatic carbocycles. The van der Waals surface area contributed by atoms with Crippen molar-refractivity contribution in [3.63, 3.8) is 0 Å². The SMILES string of the molecule is CC(=O)Nc1ccc(OCCCCCN2CCCC2)cc1.CCN(CC)CCCOc1ccc(C(C)=O)cc1.O=C(Cc1ccccc1)c1ccc(OCCCCCN2CCCC2)cc1.O=C(c1ccccc1)c1ccc(OCCCCCN2CCCC2)cc1.c1ccc(Oc2ccc(OCCCCCN3CCCC3)cc2)cc1. The molecule has 16 nitrogen and oxygen atoms in total. The largest absolute Gasteiger partial charge is 0.494 e. The van der Waals surface area contributed by atoms with Crippen LogP contribution in [-0.4, -0.2) is 179 Å². The number of rotatable bonds is 44. The van der Waals surface area contributed by atoms with Crippen LogP contribution in [0.2, 0.25) is 0 Å². The highest BCUT2D eigenvalue weighted by Gasteiger charge is 2.16. The van der Waals surface area contributed by atoms with E-state index >= 15 is 0 Å². The minimum atomic E-state index is -0.0540. The highest BCUT2D eigenvalue weighted by atomic mass is 16.5. The number of unbranched alkanes of at least 4 members (excludes halogenated alkanes) is 8. The number of para-hydroxylation sites is 1. The fourth-order valence-electron chi connectivity index (χ4n) is 14.2. The summed E-state index contributed by atoms with van der Waals surface area (Å²) in [6, 6.07) is 66.8. The maximum atomic E-state index is 12.4. The van der Waals surface area contributed by atoms with Crippen LogP contribution in [-0.2, 0) is 11.2 Å². The number of ether oxygens (including phenoxy) is 6. The Kier molecular flexibility index (Phi) is 43.9. The van der Waals surface area contributed by atoms with E-state index in [1.807, 2.05) is 212 Å². The van der Waals surface area contributed by atoms with Crippen LogP contribution in [0.3, 0.4) is 0 Å². The standard InChI is InChI=1S/C23H29NO2.C22H27NO2.C21H27NO2.C17H26N2O2.C15H23NO2/c25-23(19-20-9-3-1-4-10-20)21-11-13-22(14-12-21)26-18-8-2-5-15-24-16-6-7-17-24;24-22(19-9-3-1-4-10-19)20-11-13-21(14-12-20)25-18-8-2-5-15-23-16-6-7-17-23;1-3-9-20(10-4-1)24-21-13-11-19(12-14-21)23-18-8-2-5-15-22-16-6-7-17-22;1-15(20)18-16-7-9-17(10-8-16)21-14-6-2-3-11-19-12-4-5-13-19;1-4-16(5-2)11-6-12-18-15-9-7-14(8-10-15)13(3)17/h1,3-4,9-14H,2,5-8,15-19H2;1,3-4,9-14H,2,5-8,15-18H2;1,3-4,9-14H,2,5-8,15-18H2;7-10H,2-6,11-14H2,1H3,(H,18,20);7-10H,4-6,11-12H2,1-3H3. The Bertz CT molecular complexity index is 3820. The van der Waals surface area contributed by atoms with Gasteiger partial charge in [-0.3, -0.25) is 19.2 Å². The van der Waals surface area contributed by atoms with Crippen molar-refractivity contribution in [1.82, 2.24) is 24.5 Å². The zero-order valence-corrected chi connectivity index (χ0v) is 69.2. The van der Waals surface area contributed by atoms with Crippen LogP contribution in [0.25, 0.3) is 0 Å². The molecule has 4 heterocycles. The number of Topliss-reactive ketones (excluding diaryl/α,β-unsaturated/α-hetero) is 2. The predicted octanol–water partition coefficient (Wildman–Crippen LogP) is 20.7. The van der Waals surface area contributed by atoms with Crippen LogP contribution in [0.1, 0.15) is 205 Å². The van der Waals surface area contributed by atoms with Gasteiger partial charge in [-0.2, -0.15) is 0 Å². The summed E-state index contributed by atoms with van der Waals surface area (Å²) < 4.78 is 34.5. The molecule has 1 amide bonds. The topological polar surface area (TPSA) is 152 Å². The van der Waals surface area contributed by atoms with Crippen LogP contribution < -0.4 is 33.7 Å². The van der Waals surface area contributed by atoms with Crippen molar-refractivity contribution in [3.8, 4) is 40.2 Å². The second kappa shape index (κ2) is 55.4. The molecule has 8 aromatic rings. The Hall–Kier alpha value is -9.16. The third kappa shape index (κ3) is 37.9. The molecule has 0 aromatic heterocycles. The number of hydrogen-bond donors (Lipinski definition) is 1. The van der Waals surface area contributed by atoms with Crippen molar-refractivity contribution in [3.05, 3.63) is 240 Å². The molecule has 0 spiro atoms. The molecule has 4 fully saturated rings. The molecular formula is C98H132N6O10. The average molecular weight is 1550 g/mol. The van der Waals surface area contributed by atoms with Gasteiger partial charge in [-0.25, -0.2) is 0 Å². The third-order valence-electron chi connectivity index (χ3n) is 20.9. The first-order chi connectivity index (χ1) is 55.9. The molecule has 1 N–H and O–H groups in total. The number of amides is 1. The van der Waals surface area contributed by atoms with E-state index in [1.54, 1.807) is 6.92 Å². The molecule has 0 bridgehead atoms. The summed E-state index contributed by atoms with van der Waals surface area (Å²) in [5.74, 6) is 6.20. The summed E-state index contributed by atoms with van der Waals surface area (Å²) in [6.07, 6.45) is 26.8. The number of benzene rings is 8. The highest BCUT2D eigenvalue weighted by molar-refractivity contribution is 6.09.